The fraction of sp³-hybridized carbons (Fsp3) is 0.480. The van der Waals surface area contributed by atoms with Crippen LogP contribution in [0.25, 0.3) is 10.9 Å². The molecular formula is C25H26F2N4O. The van der Waals surface area contributed by atoms with Crippen molar-refractivity contribution in [2.75, 3.05) is 5.32 Å². The molecule has 6 rings (SSSR count). The number of hydrogen-bond acceptors (Lipinski definition) is 4. The molecule has 7 heteroatoms. The Hall–Kier alpha value is -2.83. The second-order valence-corrected chi connectivity index (χ2v) is 9.82. The Morgan fingerprint density at radius 3 is 2.75 bits per heavy atom. The van der Waals surface area contributed by atoms with Crippen molar-refractivity contribution in [1.82, 2.24) is 14.5 Å². The van der Waals surface area contributed by atoms with Crippen LogP contribution in [0.5, 0.6) is 0 Å². The first-order valence-electron chi connectivity index (χ1n) is 11.5. The Balaban J connectivity index is 1.40. The predicted octanol–water partition coefficient (Wildman–Crippen LogP) is 5.29. The number of anilines is 1. The Labute approximate surface area is 184 Å². The lowest BCUT2D eigenvalue weighted by Crippen LogP contribution is -2.37. The molecule has 1 N–H and O–H groups in total. The van der Waals surface area contributed by atoms with Crippen LogP contribution in [0.4, 0.5) is 14.6 Å². The molecule has 2 aromatic heterocycles. The van der Waals surface area contributed by atoms with Gasteiger partial charge in [0, 0.05) is 29.8 Å². The highest BCUT2D eigenvalue weighted by Crippen LogP contribution is 2.52. The number of hydrogen-bond donors (Lipinski definition) is 1. The summed E-state index contributed by atoms with van der Waals surface area (Å²) in [4.78, 5) is 21.7. The number of nitrogens with one attached hydrogen (secondary N) is 1. The maximum absolute atomic E-state index is 14.2. The van der Waals surface area contributed by atoms with Crippen LogP contribution in [0.15, 0.2) is 41.6 Å². The van der Waals surface area contributed by atoms with Gasteiger partial charge >= 0.3 is 0 Å². The number of rotatable bonds is 4. The van der Waals surface area contributed by atoms with Crippen LogP contribution in [0, 0.1) is 5.92 Å². The lowest BCUT2D eigenvalue weighted by molar-refractivity contribution is -0.00184. The van der Waals surface area contributed by atoms with E-state index in [0.717, 1.165) is 41.7 Å². The van der Waals surface area contributed by atoms with Crippen LogP contribution in [-0.4, -0.2) is 14.5 Å². The molecule has 0 saturated heterocycles. The van der Waals surface area contributed by atoms with Gasteiger partial charge in [0.1, 0.15) is 12.1 Å². The zero-order valence-electron chi connectivity index (χ0n) is 18.1. The molecule has 3 aliphatic carbocycles. The third-order valence-corrected chi connectivity index (χ3v) is 8.00. The largest absolute Gasteiger partial charge is 0.363 e. The fourth-order valence-corrected chi connectivity index (χ4v) is 6.35. The summed E-state index contributed by atoms with van der Waals surface area (Å²) in [5.41, 5.74) is 2.25. The van der Waals surface area contributed by atoms with Crippen molar-refractivity contribution in [1.29, 1.82) is 0 Å². The summed E-state index contributed by atoms with van der Waals surface area (Å²) in [6.07, 6.45) is 9.11. The van der Waals surface area contributed by atoms with Gasteiger partial charge in [-0.15, -0.1) is 0 Å². The molecule has 0 radical (unpaired) electrons. The van der Waals surface area contributed by atoms with Gasteiger partial charge < -0.3 is 9.88 Å². The normalized spacial score (nSPS) is 26.4. The first-order valence-corrected chi connectivity index (χ1v) is 11.5. The van der Waals surface area contributed by atoms with Gasteiger partial charge in [0.25, 0.3) is 11.5 Å². The van der Waals surface area contributed by atoms with Crippen LogP contribution in [-0.2, 0) is 17.9 Å². The zero-order valence-corrected chi connectivity index (χ0v) is 18.1. The average Bonchev–Trinajstić information content (AvgIpc) is 3.47. The quantitative estimate of drug-likeness (QED) is 0.604. The van der Waals surface area contributed by atoms with E-state index in [0.29, 0.717) is 17.8 Å². The number of halogens is 2. The third-order valence-electron chi connectivity index (χ3n) is 8.00. The highest BCUT2D eigenvalue weighted by Gasteiger charge is 2.46. The van der Waals surface area contributed by atoms with Crippen molar-refractivity contribution in [3.05, 3.63) is 63.8 Å². The standard InChI is InChI=1S/C25H26F2N4O/c1-15(17-3-2-4-20-18(17)7-10-25(20,26)27)30-23-19-13-31(22(32)11-21(19)28-14-29-23)24-8-5-16(12-24)6-9-24/h2-4,11,13-16H,5-10,12H2,1H3,(H,28,29,30)/t15-,16?,24?/m0/s1. The molecule has 2 fully saturated rings. The number of nitrogens with zero attached hydrogens (tertiary/aromatic N) is 3. The third kappa shape index (κ3) is 2.90. The first kappa shape index (κ1) is 19.8. The SMILES string of the molecule is C[C@H](Nc1ncnc2cc(=O)n(C34CCC(CC3)C4)cc12)c1cccc2c1CCC2(F)F. The molecule has 2 saturated carbocycles. The molecule has 5 nitrogen and oxygen atoms in total. The molecule has 166 valence electrons. The van der Waals surface area contributed by atoms with Gasteiger partial charge in [-0.25, -0.2) is 18.7 Å². The minimum Gasteiger partial charge on any atom is -0.363 e. The highest BCUT2D eigenvalue weighted by atomic mass is 19.3. The highest BCUT2D eigenvalue weighted by molar-refractivity contribution is 5.88. The van der Waals surface area contributed by atoms with Crippen molar-refractivity contribution in [3.8, 4) is 0 Å². The molecule has 32 heavy (non-hydrogen) atoms. The monoisotopic (exact) mass is 436 g/mol. The van der Waals surface area contributed by atoms with Gasteiger partial charge in [0.05, 0.1) is 16.9 Å². The minimum atomic E-state index is -2.76. The number of benzene rings is 1. The van der Waals surface area contributed by atoms with Crippen molar-refractivity contribution in [2.45, 2.75) is 69.4 Å². The van der Waals surface area contributed by atoms with Crippen molar-refractivity contribution >= 4 is 16.7 Å². The van der Waals surface area contributed by atoms with Crippen molar-refractivity contribution in [3.63, 3.8) is 0 Å². The second-order valence-electron chi connectivity index (χ2n) is 9.82. The molecule has 1 aromatic carbocycles. The van der Waals surface area contributed by atoms with E-state index in [4.69, 9.17) is 0 Å². The van der Waals surface area contributed by atoms with E-state index in [1.54, 1.807) is 12.1 Å². The smallest absolute Gasteiger partial charge is 0.273 e. The summed E-state index contributed by atoms with van der Waals surface area (Å²) in [6.45, 7) is 1.97. The van der Waals surface area contributed by atoms with Crippen LogP contribution >= 0.6 is 0 Å². The molecule has 1 atom stereocenters. The van der Waals surface area contributed by atoms with E-state index in [2.05, 4.69) is 15.3 Å². The van der Waals surface area contributed by atoms with Crippen molar-refractivity contribution in [2.24, 2.45) is 5.92 Å². The predicted molar refractivity (Wildman–Crippen MR) is 119 cm³/mol. The van der Waals surface area contributed by atoms with Crippen LogP contribution in [0.3, 0.4) is 0 Å². The number of fused-ring (bicyclic) bond motifs is 4. The summed E-state index contributed by atoms with van der Waals surface area (Å²) in [5, 5.41) is 4.22. The summed E-state index contributed by atoms with van der Waals surface area (Å²) in [7, 11) is 0. The van der Waals surface area contributed by atoms with Gasteiger partial charge in [-0.05, 0) is 62.5 Å². The lowest BCUT2D eigenvalue weighted by Gasteiger charge is -2.29. The van der Waals surface area contributed by atoms with Gasteiger partial charge in [0.15, 0.2) is 0 Å². The number of pyridine rings is 1. The summed E-state index contributed by atoms with van der Waals surface area (Å²) in [5.74, 6) is -1.41. The Kier molecular flexibility index (Phi) is 4.23. The fourth-order valence-electron chi connectivity index (χ4n) is 6.35. The van der Waals surface area contributed by atoms with Gasteiger partial charge in [0.2, 0.25) is 0 Å². The van der Waals surface area contributed by atoms with E-state index in [9.17, 15) is 13.6 Å². The maximum Gasteiger partial charge on any atom is 0.273 e. The van der Waals surface area contributed by atoms with Crippen LogP contribution < -0.4 is 10.9 Å². The first-order chi connectivity index (χ1) is 15.4. The molecular weight excluding hydrogens is 410 g/mol. The maximum atomic E-state index is 14.2. The van der Waals surface area contributed by atoms with Crippen LogP contribution in [0.1, 0.15) is 68.2 Å². The molecule has 2 heterocycles. The molecule has 0 unspecified atom stereocenters. The summed E-state index contributed by atoms with van der Waals surface area (Å²) < 4.78 is 30.4. The zero-order chi connectivity index (χ0) is 22.1. The second kappa shape index (κ2) is 6.83. The molecule has 2 bridgehead atoms. The van der Waals surface area contributed by atoms with Gasteiger partial charge in [-0.1, -0.05) is 18.2 Å². The Morgan fingerprint density at radius 2 is 2.00 bits per heavy atom. The number of alkyl halides is 2. The van der Waals surface area contributed by atoms with E-state index >= 15 is 0 Å². The van der Waals surface area contributed by atoms with E-state index in [1.807, 2.05) is 23.8 Å². The van der Waals surface area contributed by atoms with Crippen LogP contribution in [0.2, 0.25) is 0 Å². The van der Waals surface area contributed by atoms with E-state index in [-0.39, 0.29) is 29.1 Å². The average molecular weight is 437 g/mol. The van der Waals surface area contributed by atoms with E-state index in [1.165, 1.54) is 25.2 Å². The Morgan fingerprint density at radius 1 is 1.19 bits per heavy atom. The van der Waals surface area contributed by atoms with Gasteiger partial charge in [-0.2, -0.15) is 0 Å². The summed E-state index contributed by atoms with van der Waals surface area (Å²) >= 11 is 0. The topological polar surface area (TPSA) is 59.8 Å². The molecule has 3 aromatic rings. The van der Waals surface area contributed by atoms with E-state index < -0.39 is 5.92 Å². The molecule has 3 aliphatic rings. The molecule has 0 spiro atoms. The number of aromatic nitrogens is 3. The Bertz CT molecular complexity index is 1280. The summed E-state index contributed by atoms with van der Waals surface area (Å²) in [6, 6.07) is 6.55. The van der Waals surface area contributed by atoms with Crippen molar-refractivity contribution < 1.29 is 8.78 Å². The molecule has 0 amide bonds. The van der Waals surface area contributed by atoms with Gasteiger partial charge in [-0.3, -0.25) is 4.79 Å². The minimum absolute atomic E-state index is 0.0131. The molecule has 0 aliphatic heterocycles. The lowest BCUT2D eigenvalue weighted by atomic mass is 9.93.